The van der Waals surface area contributed by atoms with Crippen LogP contribution in [0.15, 0.2) is 52.4 Å². The van der Waals surface area contributed by atoms with Gasteiger partial charge in [0.1, 0.15) is 6.54 Å². The van der Waals surface area contributed by atoms with Gasteiger partial charge in [-0.25, -0.2) is 13.2 Å². The third kappa shape index (κ3) is 5.70. The minimum absolute atomic E-state index is 0.0632. The van der Waals surface area contributed by atoms with Gasteiger partial charge in [0.25, 0.3) is 5.91 Å². The zero-order valence-corrected chi connectivity index (χ0v) is 22.9. The van der Waals surface area contributed by atoms with Crippen LogP contribution in [0.5, 0.6) is 0 Å². The number of morpholine rings is 1. The van der Waals surface area contributed by atoms with Gasteiger partial charge < -0.3 is 18.8 Å². The Kier molecular flexibility index (Phi) is 8.11. The van der Waals surface area contributed by atoms with Crippen molar-refractivity contribution in [1.82, 2.24) is 8.87 Å². The third-order valence-corrected chi connectivity index (χ3v) is 8.83. The zero-order chi connectivity index (χ0) is 27.6. The van der Waals surface area contributed by atoms with Gasteiger partial charge in [-0.1, -0.05) is 11.3 Å². The van der Waals surface area contributed by atoms with E-state index in [2.05, 4.69) is 4.99 Å². The quantitative estimate of drug-likeness (QED) is 0.418. The summed E-state index contributed by atoms with van der Waals surface area (Å²) in [4.78, 5) is 41.5. The molecule has 2 unspecified atom stereocenters. The molecule has 1 saturated heterocycles. The number of esters is 2. The second kappa shape index (κ2) is 11.2. The van der Waals surface area contributed by atoms with E-state index in [-0.39, 0.29) is 47.1 Å². The molecule has 38 heavy (non-hydrogen) atoms. The number of benzene rings is 2. The average Bonchev–Trinajstić information content (AvgIpc) is 3.23. The first-order valence-electron chi connectivity index (χ1n) is 11.7. The summed E-state index contributed by atoms with van der Waals surface area (Å²) in [5.74, 6) is -1.69. The molecule has 11 nitrogen and oxygen atoms in total. The number of amides is 1. The van der Waals surface area contributed by atoms with E-state index in [4.69, 9.17) is 14.2 Å². The largest absolute Gasteiger partial charge is 0.468 e. The van der Waals surface area contributed by atoms with Gasteiger partial charge in [-0.05, 0) is 56.3 Å². The van der Waals surface area contributed by atoms with Gasteiger partial charge in [0.2, 0.25) is 10.0 Å². The Hall–Kier alpha value is -3.39. The Morgan fingerprint density at radius 2 is 1.63 bits per heavy atom. The molecule has 202 valence electrons. The van der Waals surface area contributed by atoms with Gasteiger partial charge in [-0.2, -0.15) is 9.30 Å². The van der Waals surface area contributed by atoms with Crippen LogP contribution in [0, 0.1) is 0 Å². The van der Waals surface area contributed by atoms with E-state index >= 15 is 0 Å². The fraction of sp³-hybridized carbons (Fsp3) is 0.360. The van der Waals surface area contributed by atoms with Gasteiger partial charge >= 0.3 is 11.9 Å². The molecule has 0 saturated carbocycles. The van der Waals surface area contributed by atoms with E-state index in [1.807, 2.05) is 13.8 Å². The summed E-state index contributed by atoms with van der Waals surface area (Å²) in [6, 6.07) is 10.3. The van der Waals surface area contributed by atoms with E-state index in [1.165, 1.54) is 47.4 Å². The maximum absolute atomic E-state index is 13.1. The van der Waals surface area contributed by atoms with E-state index < -0.39 is 27.9 Å². The smallest absolute Gasteiger partial charge is 0.337 e. The molecule has 2 atom stereocenters. The highest BCUT2D eigenvalue weighted by atomic mass is 32.2. The molecule has 2 aromatic carbocycles. The zero-order valence-electron chi connectivity index (χ0n) is 21.2. The van der Waals surface area contributed by atoms with Gasteiger partial charge in [0.15, 0.2) is 4.80 Å². The number of rotatable bonds is 6. The van der Waals surface area contributed by atoms with Crippen LogP contribution in [0.2, 0.25) is 0 Å². The SMILES string of the molecule is COC(=O)Cn1c(=NC(=O)c2ccc(S(=O)(=O)N3CC(C)OC(C)C3)cc2)sc2cc(C(=O)OC)ccc21. The summed E-state index contributed by atoms with van der Waals surface area (Å²) in [5, 5.41) is 0. The highest BCUT2D eigenvalue weighted by Crippen LogP contribution is 2.23. The van der Waals surface area contributed by atoms with Crippen molar-refractivity contribution in [1.29, 1.82) is 0 Å². The molecule has 3 aromatic rings. The Morgan fingerprint density at radius 1 is 1.00 bits per heavy atom. The molecule has 1 fully saturated rings. The molecular formula is C25H27N3O8S2. The Labute approximate surface area is 223 Å². The van der Waals surface area contributed by atoms with Crippen molar-refractivity contribution in [3.8, 4) is 0 Å². The van der Waals surface area contributed by atoms with Crippen LogP contribution in [-0.2, 0) is 35.6 Å². The highest BCUT2D eigenvalue weighted by molar-refractivity contribution is 7.89. The van der Waals surface area contributed by atoms with Crippen LogP contribution in [0.4, 0.5) is 0 Å². The summed E-state index contributed by atoms with van der Waals surface area (Å²) < 4.78 is 44.9. The first kappa shape index (κ1) is 27.6. The van der Waals surface area contributed by atoms with Gasteiger partial charge in [0, 0.05) is 18.7 Å². The number of hydrogen-bond acceptors (Lipinski definition) is 9. The van der Waals surface area contributed by atoms with Crippen molar-refractivity contribution >= 4 is 49.4 Å². The minimum atomic E-state index is -3.76. The van der Waals surface area contributed by atoms with Crippen molar-refractivity contribution in [2.45, 2.75) is 37.5 Å². The van der Waals surface area contributed by atoms with Gasteiger partial charge in [-0.3, -0.25) is 9.59 Å². The Morgan fingerprint density at radius 3 is 2.24 bits per heavy atom. The maximum atomic E-state index is 13.1. The van der Waals surface area contributed by atoms with Gasteiger partial charge in [-0.15, -0.1) is 0 Å². The van der Waals surface area contributed by atoms with E-state index in [0.717, 1.165) is 11.3 Å². The highest BCUT2D eigenvalue weighted by Gasteiger charge is 2.32. The lowest BCUT2D eigenvalue weighted by Crippen LogP contribution is -2.48. The van der Waals surface area contributed by atoms with E-state index in [9.17, 15) is 22.8 Å². The number of fused-ring (bicyclic) bond motifs is 1. The molecule has 1 aliphatic heterocycles. The van der Waals surface area contributed by atoms with Crippen molar-refractivity contribution in [2.75, 3.05) is 27.3 Å². The number of thiazole rings is 1. The van der Waals surface area contributed by atoms with Crippen molar-refractivity contribution in [3.05, 3.63) is 58.4 Å². The van der Waals surface area contributed by atoms with Crippen LogP contribution >= 0.6 is 11.3 Å². The first-order chi connectivity index (χ1) is 18.0. The molecule has 13 heteroatoms. The number of aromatic nitrogens is 1. The summed E-state index contributed by atoms with van der Waals surface area (Å²) in [7, 11) is -1.24. The molecule has 0 aliphatic carbocycles. The standard InChI is InChI=1S/C25H27N3O8S2/c1-15-12-27(13-16(2)36-15)38(32,33)19-8-5-17(6-9-19)23(30)26-25-28(14-22(29)34-3)20-10-7-18(24(31)35-4)11-21(20)37-25/h5-11,15-16H,12-14H2,1-4H3. The maximum Gasteiger partial charge on any atom is 0.337 e. The van der Waals surface area contributed by atoms with Crippen LogP contribution < -0.4 is 4.80 Å². The monoisotopic (exact) mass is 561 g/mol. The summed E-state index contributed by atoms with van der Waals surface area (Å²) in [6.45, 7) is 3.92. The molecular weight excluding hydrogens is 534 g/mol. The van der Waals surface area contributed by atoms with Crippen LogP contribution in [-0.4, -0.2) is 74.7 Å². The summed E-state index contributed by atoms with van der Waals surface area (Å²) >= 11 is 1.11. The number of methoxy groups -OCH3 is 2. The third-order valence-electron chi connectivity index (χ3n) is 5.94. The number of carbonyl (C=O) groups is 3. The molecule has 0 N–H and O–H groups in total. The topological polar surface area (TPSA) is 134 Å². The predicted molar refractivity (Wildman–Crippen MR) is 138 cm³/mol. The number of hydrogen-bond donors (Lipinski definition) is 0. The lowest BCUT2D eigenvalue weighted by Gasteiger charge is -2.34. The molecule has 2 heterocycles. The number of sulfonamides is 1. The molecule has 0 radical (unpaired) electrons. The second-order valence-electron chi connectivity index (χ2n) is 8.74. The minimum Gasteiger partial charge on any atom is -0.468 e. The number of nitrogens with zero attached hydrogens (tertiary/aromatic N) is 3. The lowest BCUT2D eigenvalue weighted by molar-refractivity contribution is -0.141. The van der Waals surface area contributed by atoms with Crippen molar-refractivity contribution in [3.63, 3.8) is 0 Å². The summed E-state index contributed by atoms with van der Waals surface area (Å²) in [6.07, 6.45) is -0.454. The molecule has 1 aliphatic rings. The van der Waals surface area contributed by atoms with E-state index in [1.54, 1.807) is 18.2 Å². The molecule has 0 bridgehead atoms. The first-order valence-corrected chi connectivity index (χ1v) is 13.9. The normalized spacial score (nSPS) is 18.9. The summed E-state index contributed by atoms with van der Waals surface area (Å²) in [5.41, 5.74) is 1.06. The molecule has 1 aromatic heterocycles. The fourth-order valence-electron chi connectivity index (χ4n) is 4.15. The molecule has 1 amide bonds. The number of carbonyl (C=O) groups excluding carboxylic acids is 3. The molecule has 4 rings (SSSR count). The Bertz CT molecular complexity index is 1550. The van der Waals surface area contributed by atoms with Gasteiger partial charge in [0.05, 0.1) is 47.1 Å². The van der Waals surface area contributed by atoms with Crippen LogP contribution in [0.3, 0.4) is 0 Å². The fourth-order valence-corrected chi connectivity index (χ4v) is 6.80. The van der Waals surface area contributed by atoms with Crippen molar-refractivity contribution < 1.29 is 37.0 Å². The number of ether oxygens (including phenoxy) is 3. The second-order valence-corrected chi connectivity index (χ2v) is 11.7. The van der Waals surface area contributed by atoms with Crippen LogP contribution in [0.25, 0.3) is 10.2 Å². The molecule has 0 spiro atoms. The van der Waals surface area contributed by atoms with Crippen LogP contribution in [0.1, 0.15) is 34.6 Å². The average molecular weight is 562 g/mol. The van der Waals surface area contributed by atoms with Crippen molar-refractivity contribution in [2.24, 2.45) is 4.99 Å². The Balaban J connectivity index is 1.67. The van der Waals surface area contributed by atoms with E-state index in [0.29, 0.717) is 15.8 Å². The lowest BCUT2D eigenvalue weighted by atomic mass is 10.2. The predicted octanol–water partition coefficient (Wildman–Crippen LogP) is 2.20.